The average Bonchev–Trinajstić information content (AvgIpc) is 3.45. The summed E-state index contributed by atoms with van der Waals surface area (Å²) in [5.41, 5.74) is 5.88. The number of para-hydroxylation sites is 2. The molecule has 0 spiro atoms. The summed E-state index contributed by atoms with van der Waals surface area (Å²) in [6.45, 7) is 0. The van der Waals surface area contributed by atoms with Gasteiger partial charge in [-0.1, -0.05) is 72.8 Å². The normalized spacial score (nSPS) is 11.5. The molecule has 0 N–H and O–H groups in total. The third kappa shape index (κ3) is 3.88. The molecule has 0 bridgehead atoms. The van der Waals surface area contributed by atoms with Crippen LogP contribution < -0.4 is 4.90 Å². The van der Waals surface area contributed by atoms with Gasteiger partial charge in [-0.05, 0) is 105 Å². The summed E-state index contributed by atoms with van der Waals surface area (Å²) in [5.74, 6) is 0.627. The summed E-state index contributed by atoms with van der Waals surface area (Å²) >= 11 is 0. The first-order valence-electron chi connectivity index (χ1n) is 13.5. The largest absolute Gasteiger partial charge is 0.436 e. The second-order valence-corrected chi connectivity index (χ2v) is 10.1. The van der Waals surface area contributed by atoms with Crippen LogP contribution >= 0.6 is 0 Å². The molecule has 0 saturated heterocycles. The quantitative estimate of drug-likeness (QED) is 0.220. The summed E-state index contributed by atoms with van der Waals surface area (Å²) in [6, 6.07) is 51.3. The number of rotatable bonds is 4. The third-order valence-electron chi connectivity index (χ3n) is 7.60. The lowest BCUT2D eigenvalue weighted by Crippen LogP contribution is -2.09. The van der Waals surface area contributed by atoms with Gasteiger partial charge in [0.25, 0.3) is 0 Å². The molecule has 7 aromatic carbocycles. The van der Waals surface area contributed by atoms with Crippen LogP contribution in [0, 0.1) is 0 Å². The van der Waals surface area contributed by atoms with Gasteiger partial charge in [0, 0.05) is 22.6 Å². The first-order chi connectivity index (χ1) is 19.8. The van der Waals surface area contributed by atoms with Gasteiger partial charge in [-0.25, -0.2) is 4.98 Å². The zero-order valence-electron chi connectivity index (χ0n) is 21.7. The first-order valence-corrected chi connectivity index (χ1v) is 13.5. The van der Waals surface area contributed by atoms with E-state index >= 15 is 0 Å². The number of nitrogens with zero attached hydrogens (tertiary/aromatic N) is 2. The Morgan fingerprint density at radius 3 is 1.68 bits per heavy atom. The van der Waals surface area contributed by atoms with Crippen molar-refractivity contribution < 1.29 is 4.42 Å². The number of hydrogen-bond donors (Lipinski definition) is 0. The zero-order chi connectivity index (χ0) is 26.5. The van der Waals surface area contributed by atoms with E-state index in [1.165, 1.54) is 32.3 Å². The van der Waals surface area contributed by atoms with Crippen molar-refractivity contribution >= 4 is 60.5 Å². The van der Waals surface area contributed by atoms with Crippen LogP contribution in [-0.4, -0.2) is 4.98 Å². The van der Waals surface area contributed by atoms with Crippen LogP contribution in [0.4, 0.5) is 17.1 Å². The number of fused-ring (bicyclic) bond motifs is 4. The van der Waals surface area contributed by atoms with Crippen LogP contribution in [0.15, 0.2) is 150 Å². The number of oxazole rings is 1. The molecule has 0 aliphatic rings. The minimum atomic E-state index is 0.627. The smallest absolute Gasteiger partial charge is 0.227 e. The van der Waals surface area contributed by atoms with E-state index in [0.717, 1.165) is 33.7 Å². The Balaban J connectivity index is 1.27. The molecular weight excluding hydrogens is 488 g/mol. The Labute approximate surface area is 231 Å². The number of benzene rings is 7. The van der Waals surface area contributed by atoms with Crippen molar-refractivity contribution in [1.82, 2.24) is 4.98 Å². The van der Waals surface area contributed by atoms with E-state index in [9.17, 15) is 0 Å². The van der Waals surface area contributed by atoms with Crippen molar-refractivity contribution in [2.75, 3.05) is 4.90 Å². The standard InChI is InChI=1S/C37H24N2O/c1-2-10-29-23-33(19-13-25(29)7-1)39(34-20-16-30-21-27-8-3-4-9-28(27)22-31(30)24-34)32-17-14-26(15-18-32)37-38-35-11-5-6-12-36(35)40-37/h1-24H. The molecule has 0 atom stereocenters. The lowest BCUT2D eigenvalue weighted by Gasteiger charge is -2.26. The fourth-order valence-electron chi connectivity index (χ4n) is 5.58. The summed E-state index contributed by atoms with van der Waals surface area (Å²) in [6.07, 6.45) is 0. The van der Waals surface area contributed by atoms with E-state index < -0.39 is 0 Å². The van der Waals surface area contributed by atoms with Crippen LogP contribution in [0.3, 0.4) is 0 Å². The molecule has 1 aromatic heterocycles. The second-order valence-electron chi connectivity index (χ2n) is 10.1. The summed E-state index contributed by atoms with van der Waals surface area (Å²) in [4.78, 5) is 7.00. The molecule has 8 rings (SSSR count). The maximum atomic E-state index is 6.03. The lowest BCUT2D eigenvalue weighted by atomic mass is 10.0. The second kappa shape index (κ2) is 9.11. The molecule has 3 heteroatoms. The van der Waals surface area contributed by atoms with Crippen molar-refractivity contribution in [1.29, 1.82) is 0 Å². The molecule has 0 aliphatic carbocycles. The van der Waals surface area contributed by atoms with Gasteiger partial charge in [-0.15, -0.1) is 0 Å². The molecule has 40 heavy (non-hydrogen) atoms. The van der Waals surface area contributed by atoms with E-state index in [1.807, 2.05) is 24.3 Å². The van der Waals surface area contributed by atoms with Crippen LogP contribution in [0.25, 0.3) is 54.9 Å². The van der Waals surface area contributed by atoms with Crippen LogP contribution in [0.1, 0.15) is 0 Å². The zero-order valence-corrected chi connectivity index (χ0v) is 21.7. The molecule has 188 valence electrons. The Morgan fingerprint density at radius 2 is 0.950 bits per heavy atom. The van der Waals surface area contributed by atoms with E-state index in [0.29, 0.717) is 5.89 Å². The van der Waals surface area contributed by atoms with Crippen LogP contribution in [0.5, 0.6) is 0 Å². The Kier molecular flexibility index (Phi) is 5.14. The van der Waals surface area contributed by atoms with Gasteiger partial charge in [0.2, 0.25) is 5.89 Å². The molecule has 3 nitrogen and oxygen atoms in total. The SMILES string of the molecule is c1ccc2cc(N(c3ccc(-c4nc5ccccc5o4)cc3)c3ccc4cc5ccccc5cc4c3)ccc2c1. The maximum Gasteiger partial charge on any atom is 0.227 e. The molecule has 8 aromatic rings. The van der Waals surface area contributed by atoms with E-state index in [2.05, 4.69) is 131 Å². The van der Waals surface area contributed by atoms with Crippen molar-refractivity contribution in [3.8, 4) is 11.5 Å². The lowest BCUT2D eigenvalue weighted by molar-refractivity contribution is 0.620. The molecule has 0 amide bonds. The average molecular weight is 513 g/mol. The molecular formula is C37H24N2O. The Hall–Kier alpha value is -5.41. The highest BCUT2D eigenvalue weighted by Gasteiger charge is 2.15. The minimum Gasteiger partial charge on any atom is -0.436 e. The van der Waals surface area contributed by atoms with E-state index in [4.69, 9.17) is 4.42 Å². The molecule has 0 fully saturated rings. The molecule has 0 saturated carbocycles. The molecule has 0 radical (unpaired) electrons. The van der Waals surface area contributed by atoms with Crippen molar-refractivity contribution in [3.05, 3.63) is 146 Å². The predicted molar refractivity (Wildman–Crippen MR) is 167 cm³/mol. The van der Waals surface area contributed by atoms with Gasteiger partial charge in [0.05, 0.1) is 0 Å². The topological polar surface area (TPSA) is 29.3 Å². The van der Waals surface area contributed by atoms with Gasteiger partial charge in [0.1, 0.15) is 5.52 Å². The third-order valence-corrected chi connectivity index (χ3v) is 7.60. The first kappa shape index (κ1) is 22.6. The number of aromatic nitrogens is 1. The fraction of sp³-hybridized carbons (Fsp3) is 0. The van der Waals surface area contributed by atoms with Gasteiger partial charge >= 0.3 is 0 Å². The number of hydrogen-bond acceptors (Lipinski definition) is 3. The summed E-state index contributed by atoms with van der Waals surface area (Å²) in [5, 5.41) is 7.37. The van der Waals surface area contributed by atoms with Gasteiger partial charge in [-0.2, -0.15) is 0 Å². The summed E-state index contributed by atoms with van der Waals surface area (Å²) in [7, 11) is 0. The van der Waals surface area contributed by atoms with Crippen LogP contribution in [0.2, 0.25) is 0 Å². The van der Waals surface area contributed by atoms with Crippen molar-refractivity contribution in [2.45, 2.75) is 0 Å². The fourth-order valence-corrected chi connectivity index (χ4v) is 5.58. The highest BCUT2D eigenvalue weighted by Crippen LogP contribution is 2.39. The maximum absolute atomic E-state index is 6.03. The highest BCUT2D eigenvalue weighted by molar-refractivity contribution is 6.00. The monoisotopic (exact) mass is 512 g/mol. The van der Waals surface area contributed by atoms with Gasteiger partial charge in [-0.3, -0.25) is 0 Å². The van der Waals surface area contributed by atoms with Crippen LogP contribution in [-0.2, 0) is 0 Å². The van der Waals surface area contributed by atoms with Gasteiger partial charge in [0.15, 0.2) is 5.58 Å². The Morgan fingerprint density at radius 1 is 0.425 bits per heavy atom. The molecule has 0 unspecified atom stereocenters. The molecule has 1 heterocycles. The molecule has 0 aliphatic heterocycles. The number of anilines is 3. The van der Waals surface area contributed by atoms with Crippen molar-refractivity contribution in [3.63, 3.8) is 0 Å². The van der Waals surface area contributed by atoms with Gasteiger partial charge < -0.3 is 9.32 Å². The predicted octanol–water partition coefficient (Wildman–Crippen LogP) is 10.4. The van der Waals surface area contributed by atoms with E-state index in [-0.39, 0.29) is 0 Å². The summed E-state index contributed by atoms with van der Waals surface area (Å²) < 4.78 is 6.03. The van der Waals surface area contributed by atoms with E-state index in [1.54, 1.807) is 0 Å². The highest BCUT2D eigenvalue weighted by atomic mass is 16.3. The Bertz CT molecular complexity index is 2140. The van der Waals surface area contributed by atoms with Crippen molar-refractivity contribution in [2.24, 2.45) is 0 Å². The minimum absolute atomic E-state index is 0.627.